The molecule has 0 heterocycles. The lowest BCUT2D eigenvalue weighted by Gasteiger charge is -2.21. The Morgan fingerprint density at radius 1 is 0.292 bits per heavy atom. The van der Waals surface area contributed by atoms with E-state index in [9.17, 15) is 43.2 Å². The fourth-order valence-electron chi connectivity index (χ4n) is 11.7. The predicted molar refractivity (Wildman–Crippen MR) is 391 cm³/mol. The van der Waals surface area contributed by atoms with E-state index < -0.39 is 97.5 Å². The van der Waals surface area contributed by atoms with E-state index in [-0.39, 0.29) is 25.7 Å². The second kappa shape index (κ2) is 66.3. The van der Waals surface area contributed by atoms with Crippen LogP contribution in [0.5, 0.6) is 0 Å². The maximum Gasteiger partial charge on any atom is 0.472 e. The molecule has 0 aliphatic rings. The summed E-state index contributed by atoms with van der Waals surface area (Å²) in [6, 6.07) is 0. The standard InChI is InChI=1S/C77H150O17P2/c1-9-70(8)56-48-40-32-24-17-12-10-11-13-19-26-34-43-51-59-76(81)94-73(64-88-75(80)58-50-42-36-28-31-39-47-55-69(6)7)66-92-96(85,86)90-62-71(78)61-89-95(83,84)91-65-72(93-77(82)60-52-44-35-27-21-20-23-30-38-46-54-68(4)5)63-87-74(79)57-49-41-33-25-18-15-14-16-22-29-37-45-53-67(2)3/h67-73,78H,9-66H2,1-8H3,(H,83,84)(H,85,86)/t70?,71?,72-,73-/m1/s1. The van der Waals surface area contributed by atoms with Crippen LogP contribution in [0.15, 0.2) is 0 Å². The van der Waals surface area contributed by atoms with Crippen molar-refractivity contribution in [3.05, 3.63) is 0 Å². The molecule has 0 aromatic rings. The molecular weight excluding hydrogens is 1260 g/mol. The molecule has 6 atom stereocenters. The van der Waals surface area contributed by atoms with Gasteiger partial charge in [0.25, 0.3) is 0 Å². The highest BCUT2D eigenvalue weighted by Crippen LogP contribution is 2.45. The van der Waals surface area contributed by atoms with Crippen molar-refractivity contribution in [2.75, 3.05) is 39.6 Å². The fraction of sp³-hybridized carbons (Fsp3) is 0.948. The molecule has 17 nitrogen and oxygen atoms in total. The Kier molecular flexibility index (Phi) is 65.0. The van der Waals surface area contributed by atoms with E-state index in [1.165, 1.54) is 186 Å². The predicted octanol–water partition coefficient (Wildman–Crippen LogP) is 22.4. The first-order valence-corrected chi connectivity index (χ1v) is 42.7. The van der Waals surface area contributed by atoms with E-state index in [1.807, 2.05) is 0 Å². The van der Waals surface area contributed by atoms with Crippen LogP contribution in [0, 0.1) is 23.7 Å². The second-order valence-electron chi connectivity index (χ2n) is 29.4. The SMILES string of the molecule is CCC(C)CCCCCCCCCCCCCCCCC(=O)O[C@H](COC(=O)CCCCCCCCCC(C)C)COP(=O)(O)OCC(O)COP(=O)(O)OC[C@@H](COC(=O)CCCCCCCCCCCCCCC(C)C)OC(=O)CCCCCCCCCCCCC(C)C. The lowest BCUT2D eigenvalue weighted by atomic mass is 9.99. The molecule has 96 heavy (non-hydrogen) atoms. The number of carbonyl (C=O) groups excluding carboxylic acids is 4. The fourth-order valence-corrected chi connectivity index (χ4v) is 13.3. The van der Waals surface area contributed by atoms with Crippen molar-refractivity contribution in [1.29, 1.82) is 0 Å². The molecule has 570 valence electrons. The Labute approximate surface area is 588 Å². The Morgan fingerprint density at radius 3 is 0.740 bits per heavy atom. The second-order valence-corrected chi connectivity index (χ2v) is 32.3. The van der Waals surface area contributed by atoms with E-state index >= 15 is 0 Å². The number of hydrogen-bond donors (Lipinski definition) is 3. The minimum Gasteiger partial charge on any atom is -0.462 e. The zero-order valence-electron chi connectivity index (χ0n) is 63.0. The first-order chi connectivity index (χ1) is 46.1. The van der Waals surface area contributed by atoms with Gasteiger partial charge < -0.3 is 33.8 Å². The van der Waals surface area contributed by atoms with Gasteiger partial charge in [0.15, 0.2) is 12.2 Å². The quantitative estimate of drug-likeness (QED) is 0.0222. The maximum absolute atomic E-state index is 13.1. The Hall–Kier alpha value is -1.94. The van der Waals surface area contributed by atoms with Crippen LogP contribution >= 0.6 is 15.6 Å². The van der Waals surface area contributed by atoms with Crippen molar-refractivity contribution >= 4 is 39.5 Å². The molecule has 0 aliphatic heterocycles. The van der Waals surface area contributed by atoms with Crippen LogP contribution in [-0.4, -0.2) is 96.7 Å². The lowest BCUT2D eigenvalue weighted by molar-refractivity contribution is -0.161. The monoisotopic (exact) mass is 1410 g/mol. The van der Waals surface area contributed by atoms with Crippen molar-refractivity contribution in [2.45, 2.75) is 408 Å². The molecule has 3 N–H and O–H groups in total. The summed E-state index contributed by atoms with van der Waals surface area (Å²) in [6.45, 7) is 14.2. The van der Waals surface area contributed by atoms with Crippen LogP contribution in [0.3, 0.4) is 0 Å². The first kappa shape index (κ1) is 94.1. The van der Waals surface area contributed by atoms with Gasteiger partial charge in [0, 0.05) is 25.7 Å². The number of carbonyl (C=O) groups is 4. The molecule has 0 aromatic heterocycles. The number of phosphoric acid groups is 2. The molecule has 0 spiro atoms. The van der Waals surface area contributed by atoms with Gasteiger partial charge in [-0.3, -0.25) is 37.3 Å². The molecule has 0 aromatic carbocycles. The highest BCUT2D eigenvalue weighted by atomic mass is 31.2. The van der Waals surface area contributed by atoms with E-state index in [0.29, 0.717) is 31.6 Å². The van der Waals surface area contributed by atoms with Crippen LogP contribution in [0.1, 0.15) is 389 Å². The highest BCUT2D eigenvalue weighted by molar-refractivity contribution is 7.47. The summed E-state index contributed by atoms with van der Waals surface area (Å²) >= 11 is 0. The van der Waals surface area contributed by atoms with E-state index in [4.69, 9.17) is 37.0 Å². The summed E-state index contributed by atoms with van der Waals surface area (Å²) in [5.41, 5.74) is 0. The van der Waals surface area contributed by atoms with Crippen molar-refractivity contribution < 1.29 is 80.2 Å². The molecule has 0 amide bonds. The Morgan fingerprint density at radius 2 is 0.500 bits per heavy atom. The van der Waals surface area contributed by atoms with E-state index in [0.717, 1.165) is 114 Å². The number of phosphoric ester groups is 2. The zero-order valence-corrected chi connectivity index (χ0v) is 64.8. The van der Waals surface area contributed by atoms with Crippen molar-refractivity contribution in [3.8, 4) is 0 Å². The molecule has 0 fully saturated rings. The number of hydrogen-bond acceptors (Lipinski definition) is 15. The molecule has 4 unspecified atom stereocenters. The van der Waals surface area contributed by atoms with Crippen LogP contribution in [0.4, 0.5) is 0 Å². The molecule has 0 radical (unpaired) electrons. The number of aliphatic hydroxyl groups is 1. The average molecular weight is 1410 g/mol. The number of aliphatic hydroxyl groups excluding tert-OH is 1. The first-order valence-electron chi connectivity index (χ1n) is 39.7. The van der Waals surface area contributed by atoms with Crippen LogP contribution in [0.25, 0.3) is 0 Å². The molecular formula is C77H150O17P2. The summed E-state index contributed by atoms with van der Waals surface area (Å²) in [5.74, 6) is 0.965. The van der Waals surface area contributed by atoms with Gasteiger partial charge in [0.1, 0.15) is 19.3 Å². The van der Waals surface area contributed by atoms with Gasteiger partial charge in [0.2, 0.25) is 0 Å². The molecule has 0 saturated carbocycles. The summed E-state index contributed by atoms with van der Waals surface area (Å²) in [5, 5.41) is 10.6. The van der Waals surface area contributed by atoms with Crippen molar-refractivity contribution in [1.82, 2.24) is 0 Å². The summed E-state index contributed by atoms with van der Waals surface area (Å²) in [6.07, 6.45) is 51.3. The van der Waals surface area contributed by atoms with Gasteiger partial charge in [-0.1, -0.05) is 338 Å². The third-order valence-corrected chi connectivity index (χ3v) is 20.1. The largest absolute Gasteiger partial charge is 0.472 e. The topological polar surface area (TPSA) is 237 Å². The third kappa shape index (κ3) is 69.2. The van der Waals surface area contributed by atoms with Crippen LogP contribution in [-0.2, 0) is 65.4 Å². The minimum atomic E-state index is -4.96. The number of esters is 4. The van der Waals surface area contributed by atoms with Gasteiger partial charge in [0.05, 0.1) is 26.4 Å². The van der Waals surface area contributed by atoms with Gasteiger partial charge in [-0.25, -0.2) is 9.13 Å². The Bertz CT molecular complexity index is 1890. The van der Waals surface area contributed by atoms with Crippen LogP contribution < -0.4 is 0 Å². The third-order valence-electron chi connectivity index (χ3n) is 18.2. The molecule has 0 rings (SSSR count). The number of rotatable bonds is 74. The summed E-state index contributed by atoms with van der Waals surface area (Å²) in [4.78, 5) is 72.9. The summed E-state index contributed by atoms with van der Waals surface area (Å²) in [7, 11) is -9.92. The molecule has 0 bridgehead atoms. The number of ether oxygens (including phenoxy) is 4. The number of unbranched alkanes of at least 4 members (excludes halogenated alkanes) is 39. The van der Waals surface area contributed by atoms with E-state index in [1.54, 1.807) is 0 Å². The van der Waals surface area contributed by atoms with Gasteiger partial charge in [-0.15, -0.1) is 0 Å². The van der Waals surface area contributed by atoms with Crippen molar-refractivity contribution in [2.24, 2.45) is 23.7 Å². The van der Waals surface area contributed by atoms with Crippen LogP contribution in [0.2, 0.25) is 0 Å². The molecule has 0 aliphatic carbocycles. The van der Waals surface area contributed by atoms with Gasteiger partial charge in [-0.05, 0) is 49.4 Å². The maximum atomic E-state index is 13.1. The molecule has 19 heteroatoms. The minimum absolute atomic E-state index is 0.106. The normalized spacial score (nSPS) is 14.4. The van der Waals surface area contributed by atoms with Crippen molar-refractivity contribution in [3.63, 3.8) is 0 Å². The van der Waals surface area contributed by atoms with E-state index in [2.05, 4.69) is 55.4 Å². The molecule has 0 saturated heterocycles. The zero-order chi connectivity index (χ0) is 71.0. The average Bonchev–Trinajstić information content (AvgIpc) is 1.31. The lowest BCUT2D eigenvalue weighted by Crippen LogP contribution is -2.30. The smallest absolute Gasteiger partial charge is 0.462 e. The highest BCUT2D eigenvalue weighted by Gasteiger charge is 2.30. The summed E-state index contributed by atoms with van der Waals surface area (Å²) < 4.78 is 68.6. The Balaban J connectivity index is 5.24. The van der Waals surface area contributed by atoms with Gasteiger partial charge in [-0.2, -0.15) is 0 Å². The van der Waals surface area contributed by atoms with Gasteiger partial charge >= 0.3 is 39.5 Å².